The van der Waals surface area contributed by atoms with Crippen LogP contribution in [0.25, 0.3) is 0 Å². The zero-order valence-corrected chi connectivity index (χ0v) is 7.21. The molecular weight excluding hydrogens is 154 g/mol. The summed E-state index contributed by atoms with van der Waals surface area (Å²) in [6.45, 7) is 1.74. The lowest BCUT2D eigenvalue weighted by atomic mass is 9.89. The van der Waals surface area contributed by atoms with Crippen LogP contribution in [0.1, 0.15) is 12.8 Å². The van der Waals surface area contributed by atoms with E-state index in [-0.39, 0.29) is 0 Å². The van der Waals surface area contributed by atoms with Crippen molar-refractivity contribution in [2.45, 2.75) is 18.4 Å². The van der Waals surface area contributed by atoms with Crippen molar-refractivity contribution in [1.29, 1.82) is 5.26 Å². The maximum absolute atomic E-state index is 10.2. The highest BCUT2D eigenvalue weighted by Crippen LogP contribution is 2.19. The van der Waals surface area contributed by atoms with Gasteiger partial charge in [0.15, 0.2) is 0 Å². The SMILES string of the molecule is CN1CCC(C#N)(NC=O)CC1. The van der Waals surface area contributed by atoms with Gasteiger partial charge in [-0.1, -0.05) is 0 Å². The summed E-state index contributed by atoms with van der Waals surface area (Å²) in [6, 6.07) is 2.17. The van der Waals surface area contributed by atoms with Gasteiger partial charge in [0.25, 0.3) is 0 Å². The first-order valence-electron chi connectivity index (χ1n) is 4.03. The molecule has 0 aromatic heterocycles. The van der Waals surface area contributed by atoms with Crippen LogP contribution < -0.4 is 5.32 Å². The van der Waals surface area contributed by atoms with Gasteiger partial charge in [-0.2, -0.15) is 5.26 Å². The second-order valence-corrected chi connectivity index (χ2v) is 3.26. The Hall–Kier alpha value is -1.08. The normalized spacial score (nSPS) is 22.7. The van der Waals surface area contributed by atoms with E-state index in [4.69, 9.17) is 5.26 Å². The quantitative estimate of drug-likeness (QED) is 0.575. The topological polar surface area (TPSA) is 56.1 Å². The molecule has 1 N–H and O–H groups in total. The molecule has 1 fully saturated rings. The highest BCUT2D eigenvalue weighted by Gasteiger charge is 2.32. The lowest BCUT2D eigenvalue weighted by Crippen LogP contribution is -2.51. The molecule has 0 unspecified atom stereocenters. The molecule has 66 valence electrons. The molecule has 0 aromatic rings. The van der Waals surface area contributed by atoms with Crippen LogP contribution in [-0.4, -0.2) is 37.0 Å². The second-order valence-electron chi connectivity index (χ2n) is 3.26. The fraction of sp³-hybridized carbons (Fsp3) is 0.750. The highest BCUT2D eigenvalue weighted by atomic mass is 16.1. The first kappa shape index (κ1) is 9.01. The fourth-order valence-electron chi connectivity index (χ4n) is 1.40. The number of carbonyl (C=O) groups is 1. The van der Waals surface area contributed by atoms with Gasteiger partial charge in [0.05, 0.1) is 6.07 Å². The minimum Gasteiger partial charge on any atom is -0.340 e. The van der Waals surface area contributed by atoms with Crippen LogP contribution in [0.3, 0.4) is 0 Å². The zero-order chi connectivity index (χ0) is 9.03. The number of nitriles is 1. The van der Waals surface area contributed by atoms with Crippen LogP contribution in [0.5, 0.6) is 0 Å². The summed E-state index contributed by atoms with van der Waals surface area (Å²) in [7, 11) is 2.02. The number of likely N-dealkylation sites (tertiary alicyclic amines) is 1. The summed E-state index contributed by atoms with van der Waals surface area (Å²) in [6.07, 6.45) is 2.06. The van der Waals surface area contributed by atoms with Gasteiger partial charge >= 0.3 is 0 Å². The molecule has 0 atom stereocenters. The average molecular weight is 167 g/mol. The third-order valence-electron chi connectivity index (χ3n) is 2.39. The number of rotatable bonds is 2. The monoisotopic (exact) mass is 167 g/mol. The predicted octanol–water partition coefficient (Wildman–Crippen LogP) is -0.280. The summed E-state index contributed by atoms with van der Waals surface area (Å²) < 4.78 is 0. The zero-order valence-electron chi connectivity index (χ0n) is 7.21. The first-order chi connectivity index (χ1) is 5.72. The van der Waals surface area contributed by atoms with E-state index in [2.05, 4.69) is 16.3 Å². The molecule has 4 heteroatoms. The van der Waals surface area contributed by atoms with Crippen molar-refractivity contribution in [3.05, 3.63) is 0 Å². The number of amides is 1. The van der Waals surface area contributed by atoms with E-state index >= 15 is 0 Å². The molecule has 1 aliphatic rings. The number of piperidine rings is 1. The molecule has 1 aliphatic heterocycles. The molecule has 1 rings (SSSR count). The standard InChI is InChI=1S/C8H13N3O/c1-11-4-2-8(6-9,3-5-11)10-7-12/h7H,2-5H2,1H3,(H,10,12). The number of nitrogens with one attached hydrogen (secondary N) is 1. The molecule has 4 nitrogen and oxygen atoms in total. The summed E-state index contributed by atoms with van der Waals surface area (Å²) in [5.74, 6) is 0. The number of nitrogens with zero attached hydrogens (tertiary/aromatic N) is 2. The summed E-state index contributed by atoms with van der Waals surface area (Å²) in [5.41, 5.74) is -0.603. The van der Waals surface area contributed by atoms with Crippen molar-refractivity contribution in [3.8, 4) is 6.07 Å². The van der Waals surface area contributed by atoms with E-state index in [1.54, 1.807) is 0 Å². The fourth-order valence-corrected chi connectivity index (χ4v) is 1.40. The summed E-state index contributed by atoms with van der Waals surface area (Å²) >= 11 is 0. The Kier molecular flexibility index (Phi) is 2.66. The van der Waals surface area contributed by atoms with Crippen LogP contribution in [0.15, 0.2) is 0 Å². The number of hydrogen-bond acceptors (Lipinski definition) is 3. The number of hydrogen-bond donors (Lipinski definition) is 1. The molecule has 1 amide bonds. The Morgan fingerprint density at radius 3 is 2.58 bits per heavy atom. The lowest BCUT2D eigenvalue weighted by Gasteiger charge is -2.34. The van der Waals surface area contributed by atoms with E-state index in [0.717, 1.165) is 25.9 Å². The number of carbonyl (C=O) groups excluding carboxylic acids is 1. The van der Waals surface area contributed by atoms with Crippen molar-refractivity contribution >= 4 is 6.41 Å². The maximum atomic E-state index is 10.2. The van der Waals surface area contributed by atoms with E-state index in [1.807, 2.05) is 7.05 Å². The van der Waals surface area contributed by atoms with Gasteiger partial charge in [0.1, 0.15) is 5.54 Å². The van der Waals surface area contributed by atoms with Gasteiger partial charge in [-0.15, -0.1) is 0 Å². The van der Waals surface area contributed by atoms with E-state index in [1.165, 1.54) is 0 Å². The molecule has 0 bridgehead atoms. The van der Waals surface area contributed by atoms with Crippen LogP contribution >= 0.6 is 0 Å². The van der Waals surface area contributed by atoms with Gasteiger partial charge in [-0.05, 0) is 19.9 Å². The minimum atomic E-state index is -0.603. The van der Waals surface area contributed by atoms with Crippen LogP contribution in [0, 0.1) is 11.3 Å². The smallest absolute Gasteiger partial charge is 0.208 e. The van der Waals surface area contributed by atoms with Gasteiger partial charge in [0, 0.05) is 13.1 Å². The van der Waals surface area contributed by atoms with Gasteiger partial charge in [0.2, 0.25) is 6.41 Å². The predicted molar refractivity (Wildman–Crippen MR) is 44.3 cm³/mol. The first-order valence-corrected chi connectivity index (χ1v) is 4.03. The van der Waals surface area contributed by atoms with Gasteiger partial charge < -0.3 is 10.2 Å². The van der Waals surface area contributed by atoms with Crippen molar-refractivity contribution in [2.24, 2.45) is 0 Å². The Labute approximate surface area is 72.2 Å². The minimum absolute atomic E-state index is 0.603. The third kappa shape index (κ3) is 1.74. The van der Waals surface area contributed by atoms with E-state index in [0.29, 0.717) is 6.41 Å². The molecule has 1 heterocycles. The van der Waals surface area contributed by atoms with E-state index < -0.39 is 5.54 Å². The van der Waals surface area contributed by atoms with Crippen molar-refractivity contribution in [1.82, 2.24) is 10.2 Å². The Bertz CT molecular complexity index is 201. The highest BCUT2D eigenvalue weighted by molar-refractivity contribution is 5.49. The van der Waals surface area contributed by atoms with Crippen molar-refractivity contribution in [3.63, 3.8) is 0 Å². The molecule has 0 spiro atoms. The molecule has 0 saturated carbocycles. The third-order valence-corrected chi connectivity index (χ3v) is 2.39. The Morgan fingerprint density at radius 2 is 2.17 bits per heavy atom. The molecule has 0 aliphatic carbocycles. The Balaban J connectivity index is 2.58. The summed E-state index contributed by atoms with van der Waals surface area (Å²) in [4.78, 5) is 12.4. The van der Waals surface area contributed by atoms with Gasteiger partial charge in [-0.25, -0.2) is 0 Å². The Morgan fingerprint density at radius 1 is 1.58 bits per heavy atom. The van der Waals surface area contributed by atoms with Crippen LogP contribution in [-0.2, 0) is 4.79 Å². The molecule has 12 heavy (non-hydrogen) atoms. The van der Waals surface area contributed by atoms with Crippen LogP contribution in [0.4, 0.5) is 0 Å². The average Bonchev–Trinajstić information content (AvgIpc) is 2.10. The second kappa shape index (κ2) is 3.55. The maximum Gasteiger partial charge on any atom is 0.208 e. The molecule has 0 aromatic carbocycles. The van der Waals surface area contributed by atoms with Crippen LogP contribution in [0.2, 0.25) is 0 Å². The lowest BCUT2D eigenvalue weighted by molar-refractivity contribution is -0.111. The van der Waals surface area contributed by atoms with E-state index in [9.17, 15) is 4.79 Å². The molecular formula is C8H13N3O. The van der Waals surface area contributed by atoms with Crippen molar-refractivity contribution in [2.75, 3.05) is 20.1 Å². The van der Waals surface area contributed by atoms with Crippen molar-refractivity contribution < 1.29 is 4.79 Å². The largest absolute Gasteiger partial charge is 0.340 e. The summed E-state index contributed by atoms with van der Waals surface area (Å²) in [5, 5.41) is 11.5. The molecule has 1 saturated heterocycles. The van der Waals surface area contributed by atoms with Gasteiger partial charge in [-0.3, -0.25) is 4.79 Å². The molecule has 0 radical (unpaired) electrons.